The van der Waals surface area contributed by atoms with Crippen LogP contribution in [0.2, 0.25) is 0 Å². The van der Waals surface area contributed by atoms with Crippen LogP contribution in [0.3, 0.4) is 0 Å². The summed E-state index contributed by atoms with van der Waals surface area (Å²) in [7, 11) is 0. The molecule has 2 amide bonds. The lowest BCUT2D eigenvalue weighted by molar-refractivity contribution is -0.137. The van der Waals surface area contributed by atoms with Crippen molar-refractivity contribution in [2.75, 3.05) is 59.1 Å². The lowest BCUT2D eigenvalue weighted by Crippen LogP contribution is -2.47. The third kappa shape index (κ3) is 6.99. The van der Waals surface area contributed by atoms with Crippen molar-refractivity contribution in [2.45, 2.75) is 38.3 Å². The Morgan fingerprint density at radius 2 is 1.79 bits per heavy atom. The molecule has 1 unspecified atom stereocenters. The number of benzene rings is 1. The number of aryl methyl sites for hydroxylation is 1. The van der Waals surface area contributed by atoms with Gasteiger partial charge in [0, 0.05) is 64.4 Å². The van der Waals surface area contributed by atoms with E-state index in [0.29, 0.717) is 18.8 Å². The summed E-state index contributed by atoms with van der Waals surface area (Å²) in [6.07, 6.45) is 1.34. The van der Waals surface area contributed by atoms with Crippen LogP contribution in [0.4, 0.5) is 0 Å². The fourth-order valence-electron chi connectivity index (χ4n) is 4.65. The molecule has 1 aromatic rings. The summed E-state index contributed by atoms with van der Waals surface area (Å²) in [5.41, 5.74) is 7.96. The number of piperazine rings is 1. The number of fused-ring (bicyclic) bond motifs is 1. The Morgan fingerprint density at radius 1 is 1.09 bits per heavy atom. The molecule has 1 atom stereocenters. The highest BCUT2D eigenvalue weighted by molar-refractivity contribution is 6.01. The van der Waals surface area contributed by atoms with E-state index < -0.39 is 17.9 Å². The zero-order valence-electron chi connectivity index (χ0n) is 19.7. The Morgan fingerprint density at radius 3 is 2.44 bits per heavy atom. The van der Waals surface area contributed by atoms with Gasteiger partial charge in [-0.15, -0.1) is 0 Å². The maximum absolute atomic E-state index is 12.9. The Balaban J connectivity index is 1.44. The van der Waals surface area contributed by atoms with Gasteiger partial charge in [0.2, 0.25) is 5.91 Å². The predicted octanol–water partition coefficient (Wildman–Crippen LogP) is -0.0798. The van der Waals surface area contributed by atoms with Crippen molar-refractivity contribution in [1.82, 2.24) is 14.7 Å². The first-order valence-corrected chi connectivity index (χ1v) is 12.0. The predicted molar refractivity (Wildman–Crippen MR) is 125 cm³/mol. The van der Waals surface area contributed by atoms with Gasteiger partial charge in [-0.3, -0.25) is 24.2 Å². The quantitative estimate of drug-likeness (QED) is 0.317. The van der Waals surface area contributed by atoms with E-state index >= 15 is 0 Å². The molecule has 3 rings (SSSR count). The minimum atomic E-state index is -1.03. The van der Waals surface area contributed by atoms with E-state index in [4.69, 9.17) is 20.7 Å². The minimum Gasteiger partial charge on any atom is -0.481 e. The summed E-state index contributed by atoms with van der Waals surface area (Å²) in [6.45, 7) is 7.31. The molecule has 1 fully saturated rings. The number of aliphatic hydroxyl groups is 1. The average molecular weight is 477 g/mol. The first kappa shape index (κ1) is 26.1. The molecule has 0 bridgehead atoms. The zero-order valence-corrected chi connectivity index (χ0v) is 19.7. The Labute approximate surface area is 200 Å². The molecule has 1 saturated heterocycles. The number of aliphatic hydroxyl groups excluding tert-OH is 1. The van der Waals surface area contributed by atoms with Crippen molar-refractivity contribution >= 4 is 17.8 Å². The number of β-amino-alcohol motifs (C(OH)–C–C–N with tert-alkyl or cyclic N) is 1. The molecule has 188 valence electrons. The molecule has 34 heavy (non-hydrogen) atoms. The molecule has 0 spiro atoms. The van der Waals surface area contributed by atoms with Gasteiger partial charge < -0.3 is 25.6 Å². The van der Waals surface area contributed by atoms with E-state index in [1.165, 1.54) is 4.90 Å². The molecular formula is C24H36N4O6. The van der Waals surface area contributed by atoms with Crippen LogP contribution in [-0.4, -0.2) is 108 Å². The first-order chi connectivity index (χ1) is 16.4. The van der Waals surface area contributed by atoms with Crippen molar-refractivity contribution in [3.05, 3.63) is 34.9 Å². The van der Waals surface area contributed by atoms with E-state index in [-0.39, 0.29) is 31.9 Å². The third-order valence-corrected chi connectivity index (χ3v) is 6.60. The fourth-order valence-corrected chi connectivity index (χ4v) is 4.65. The number of carboxylic acid groups (broad SMARTS) is 1. The van der Waals surface area contributed by atoms with Crippen LogP contribution in [0.5, 0.6) is 0 Å². The Bertz CT molecular complexity index is 856. The lowest BCUT2D eigenvalue weighted by atomic mass is 10.00. The van der Waals surface area contributed by atoms with Crippen molar-refractivity contribution < 1.29 is 29.3 Å². The van der Waals surface area contributed by atoms with Gasteiger partial charge in [-0.25, -0.2) is 0 Å². The number of nitrogens with zero attached hydrogens (tertiary/aromatic N) is 3. The highest BCUT2D eigenvalue weighted by Gasteiger charge is 2.36. The number of hydrogen-bond acceptors (Lipinski definition) is 7. The van der Waals surface area contributed by atoms with Crippen LogP contribution in [0.15, 0.2) is 18.2 Å². The van der Waals surface area contributed by atoms with Crippen molar-refractivity contribution in [1.29, 1.82) is 0 Å². The van der Waals surface area contributed by atoms with Crippen molar-refractivity contribution in [3.63, 3.8) is 0 Å². The topological polar surface area (TPSA) is 137 Å². The Hall–Kier alpha value is -2.53. The maximum Gasteiger partial charge on any atom is 0.303 e. The highest BCUT2D eigenvalue weighted by atomic mass is 16.5. The normalized spacial score (nSPS) is 17.7. The van der Waals surface area contributed by atoms with Crippen molar-refractivity contribution in [3.8, 4) is 0 Å². The van der Waals surface area contributed by atoms with Gasteiger partial charge in [-0.2, -0.15) is 0 Å². The summed E-state index contributed by atoms with van der Waals surface area (Å²) in [6, 6.07) is 4.63. The molecule has 10 nitrogen and oxygen atoms in total. The van der Waals surface area contributed by atoms with Crippen LogP contribution < -0.4 is 5.73 Å². The molecule has 0 radical (unpaired) electrons. The van der Waals surface area contributed by atoms with Gasteiger partial charge in [0.05, 0.1) is 13.2 Å². The lowest BCUT2D eigenvalue weighted by Gasteiger charge is -2.34. The highest BCUT2D eigenvalue weighted by Crippen LogP contribution is 2.29. The summed E-state index contributed by atoms with van der Waals surface area (Å²) in [4.78, 5) is 41.8. The van der Waals surface area contributed by atoms with E-state index in [2.05, 4.69) is 9.80 Å². The van der Waals surface area contributed by atoms with Gasteiger partial charge in [-0.05, 0) is 36.5 Å². The van der Waals surface area contributed by atoms with Crippen LogP contribution in [-0.2, 0) is 27.3 Å². The molecule has 2 aliphatic rings. The number of carbonyl (C=O) groups excluding carboxylic acids is 2. The number of rotatable bonds is 14. The largest absolute Gasteiger partial charge is 0.481 e. The minimum absolute atomic E-state index is 0.00402. The van der Waals surface area contributed by atoms with E-state index in [1.807, 2.05) is 12.1 Å². The first-order valence-electron chi connectivity index (χ1n) is 12.0. The second-order valence-electron chi connectivity index (χ2n) is 8.85. The fraction of sp³-hybridized carbons (Fsp3) is 0.625. The van der Waals surface area contributed by atoms with Gasteiger partial charge in [-0.1, -0.05) is 12.1 Å². The molecule has 0 aromatic heterocycles. The standard InChI is InChI=1S/C24H36N4O6/c25-23(32)21(6-7-22(30)31)28-17-20-18(3-1-5-19(20)24(28)33)4-2-15-34-16-13-27-10-8-26(9-11-27)12-14-29/h1,3,5,21,29H,2,4,6-17H2,(H2,25,32)(H,30,31). The Kier molecular flexibility index (Phi) is 9.82. The number of primary amides is 1. The zero-order chi connectivity index (χ0) is 24.5. The molecule has 2 heterocycles. The van der Waals surface area contributed by atoms with E-state index in [0.717, 1.165) is 63.2 Å². The molecule has 10 heteroatoms. The van der Waals surface area contributed by atoms with Crippen molar-refractivity contribution in [2.24, 2.45) is 5.73 Å². The van der Waals surface area contributed by atoms with E-state index in [1.54, 1.807) is 6.07 Å². The number of nitrogens with two attached hydrogens (primary N) is 1. The summed E-state index contributed by atoms with van der Waals surface area (Å²) < 4.78 is 5.83. The number of carboxylic acids is 1. The average Bonchev–Trinajstić information content (AvgIpc) is 3.14. The monoisotopic (exact) mass is 476 g/mol. The molecular weight excluding hydrogens is 440 g/mol. The number of ether oxygens (including phenoxy) is 1. The molecule has 0 saturated carbocycles. The summed E-state index contributed by atoms with van der Waals surface area (Å²) in [5, 5.41) is 18.0. The van der Waals surface area contributed by atoms with Crippen LogP contribution in [0.25, 0.3) is 0 Å². The van der Waals surface area contributed by atoms with E-state index in [9.17, 15) is 14.4 Å². The molecule has 2 aliphatic heterocycles. The number of amides is 2. The SMILES string of the molecule is NC(=O)C(CCC(=O)O)N1Cc2c(CCCOCCN3CCN(CCO)CC3)cccc2C1=O. The second kappa shape index (κ2) is 12.8. The number of hydrogen-bond donors (Lipinski definition) is 3. The van der Waals surface area contributed by atoms with Crippen LogP contribution >= 0.6 is 0 Å². The van der Waals surface area contributed by atoms with Gasteiger partial charge in [0.15, 0.2) is 0 Å². The summed E-state index contributed by atoms with van der Waals surface area (Å²) >= 11 is 0. The van der Waals surface area contributed by atoms with Gasteiger partial charge in [0.1, 0.15) is 6.04 Å². The second-order valence-corrected chi connectivity index (χ2v) is 8.85. The number of aliphatic carboxylic acids is 1. The van der Waals surface area contributed by atoms with Gasteiger partial charge in [0.25, 0.3) is 5.91 Å². The molecule has 0 aliphatic carbocycles. The smallest absolute Gasteiger partial charge is 0.303 e. The molecule has 1 aromatic carbocycles. The molecule has 4 N–H and O–H groups in total. The maximum atomic E-state index is 12.9. The van der Waals surface area contributed by atoms with Crippen LogP contribution in [0, 0.1) is 0 Å². The van der Waals surface area contributed by atoms with Gasteiger partial charge >= 0.3 is 5.97 Å². The number of carbonyl (C=O) groups is 3. The third-order valence-electron chi connectivity index (χ3n) is 6.60. The van der Waals surface area contributed by atoms with Crippen LogP contribution in [0.1, 0.15) is 40.7 Å². The summed E-state index contributed by atoms with van der Waals surface area (Å²) in [5.74, 6) is -1.99.